The van der Waals surface area contributed by atoms with Gasteiger partial charge in [0.05, 0.1) is 5.56 Å². The van der Waals surface area contributed by atoms with Crippen LogP contribution in [0.2, 0.25) is 0 Å². The summed E-state index contributed by atoms with van der Waals surface area (Å²) in [6.07, 6.45) is 4.97. The van der Waals surface area contributed by atoms with E-state index in [0.29, 0.717) is 28.8 Å². The van der Waals surface area contributed by atoms with E-state index in [0.717, 1.165) is 0 Å². The predicted molar refractivity (Wildman–Crippen MR) is 86.2 cm³/mol. The van der Waals surface area contributed by atoms with Crippen molar-refractivity contribution in [1.29, 1.82) is 0 Å². The molecule has 2 aromatic rings. The summed E-state index contributed by atoms with van der Waals surface area (Å²) in [5, 5.41) is 0. The first-order valence-corrected chi connectivity index (χ1v) is 7.92. The van der Waals surface area contributed by atoms with Crippen LogP contribution in [-0.2, 0) is 0 Å². The summed E-state index contributed by atoms with van der Waals surface area (Å²) < 4.78 is 5.60. The van der Waals surface area contributed by atoms with Gasteiger partial charge in [-0.1, -0.05) is 18.2 Å². The SMILES string of the molecule is Nc1ccccc1C(=O)Oc1cc(C2CC2)cc(C2CC2)c1. The van der Waals surface area contributed by atoms with E-state index >= 15 is 0 Å². The summed E-state index contributed by atoms with van der Waals surface area (Å²) in [6, 6.07) is 13.3. The maximum Gasteiger partial charge on any atom is 0.345 e. The molecule has 0 unspecified atom stereocenters. The Balaban J connectivity index is 1.61. The molecule has 22 heavy (non-hydrogen) atoms. The fraction of sp³-hybridized carbons (Fsp3) is 0.316. The number of para-hydroxylation sites is 1. The third-order valence-corrected chi connectivity index (χ3v) is 4.44. The van der Waals surface area contributed by atoms with Crippen LogP contribution in [0.25, 0.3) is 0 Å². The molecule has 2 aromatic carbocycles. The van der Waals surface area contributed by atoms with Gasteiger partial charge in [-0.05, 0) is 72.9 Å². The topological polar surface area (TPSA) is 52.3 Å². The molecule has 112 valence electrons. The number of carbonyl (C=O) groups excluding carboxylic acids is 1. The van der Waals surface area contributed by atoms with E-state index < -0.39 is 0 Å². The number of hydrogen-bond acceptors (Lipinski definition) is 3. The van der Waals surface area contributed by atoms with Crippen molar-refractivity contribution in [2.75, 3.05) is 5.73 Å². The summed E-state index contributed by atoms with van der Waals surface area (Å²) in [6.45, 7) is 0. The number of rotatable bonds is 4. The van der Waals surface area contributed by atoms with Crippen LogP contribution in [0.1, 0.15) is 59.0 Å². The molecule has 0 heterocycles. The van der Waals surface area contributed by atoms with Gasteiger partial charge >= 0.3 is 5.97 Å². The molecule has 0 aliphatic heterocycles. The first-order chi connectivity index (χ1) is 10.7. The quantitative estimate of drug-likeness (QED) is 0.521. The van der Waals surface area contributed by atoms with Crippen LogP contribution >= 0.6 is 0 Å². The van der Waals surface area contributed by atoms with Gasteiger partial charge in [-0.25, -0.2) is 4.79 Å². The standard InChI is InChI=1S/C19H19NO2/c20-18-4-2-1-3-17(18)19(21)22-16-10-14(12-5-6-12)9-15(11-16)13-7-8-13/h1-4,9-13H,5-8,20H2. The summed E-state index contributed by atoms with van der Waals surface area (Å²) in [7, 11) is 0. The third-order valence-electron chi connectivity index (χ3n) is 4.44. The molecule has 2 aliphatic carbocycles. The molecule has 0 spiro atoms. The Labute approximate surface area is 130 Å². The molecular formula is C19H19NO2. The third kappa shape index (κ3) is 2.71. The molecule has 0 bridgehead atoms. The summed E-state index contributed by atoms with van der Waals surface area (Å²) in [5.74, 6) is 1.57. The lowest BCUT2D eigenvalue weighted by Crippen LogP contribution is -2.11. The highest BCUT2D eigenvalue weighted by molar-refractivity contribution is 5.96. The maximum atomic E-state index is 12.3. The summed E-state index contributed by atoms with van der Waals surface area (Å²) in [4.78, 5) is 12.3. The maximum absolute atomic E-state index is 12.3. The molecule has 0 saturated heterocycles. The number of ether oxygens (including phenoxy) is 1. The summed E-state index contributed by atoms with van der Waals surface area (Å²) in [5.41, 5.74) is 9.35. The van der Waals surface area contributed by atoms with E-state index in [1.54, 1.807) is 18.2 Å². The van der Waals surface area contributed by atoms with Crippen molar-refractivity contribution in [3.05, 3.63) is 59.2 Å². The van der Waals surface area contributed by atoms with Gasteiger partial charge in [0.25, 0.3) is 0 Å². The minimum Gasteiger partial charge on any atom is -0.423 e. The van der Waals surface area contributed by atoms with E-state index in [9.17, 15) is 4.79 Å². The van der Waals surface area contributed by atoms with E-state index in [2.05, 4.69) is 6.07 Å². The largest absolute Gasteiger partial charge is 0.423 e. The Hall–Kier alpha value is -2.29. The van der Waals surface area contributed by atoms with Gasteiger partial charge in [-0.15, -0.1) is 0 Å². The lowest BCUT2D eigenvalue weighted by molar-refractivity contribution is 0.0735. The molecule has 2 fully saturated rings. The number of esters is 1. The molecule has 4 rings (SSSR count). The Morgan fingerprint density at radius 2 is 1.55 bits per heavy atom. The highest BCUT2D eigenvalue weighted by atomic mass is 16.5. The van der Waals surface area contributed by atoms with Gasteiger partial charge < -0.3 is 10.5 Å². The number of anilines is 1. The number of hydrogen-bond donors (Lipinski definition) is 1. The average molecular weight is 293 g/mol. The highest BCUT2D eigenvalue weighted by Crippen LogP contribution is 2.46. The Morgan fingerprint density at radius 3 is 2.09 bits per heavy atom. The highest BCUT2D eigenvalue weighted by Gasteiger charge is 2.29. The second-order valence-corrected chi connectivity index (χ2v) is 6.36. The molecule has 2 saturated carbocycles. The van der Waals surface area contributed by atoms with Crippen LogP contribution in [0, 0.1) is 0 Å². The fourth-order valence-corrected chi connectivity index (χ4v) is 2.85. The van der Waals surface area contributed by atoms with E-state index in [1.807, 2.05) is 18.2 Å². The Kier molecular flexibility index (Phi) is 3.14. The van der Waals surface area contributed by atoms with Crippen molar-refractivity contribution in [3.8, 4) is 5.75 Å². The first-order valence-electron chi connectivity index (χ1n) is 7.92. The second kappa shape index (κ2) is 5.16. The smallest absolute Gasteiger partial charge is 0.345 e. The van der Waals surface area contributed by atoms with Crippen molar-refractivity contribution >= 4 is 11.7 Å². The molecule has 3 heteroatoms. The van der Waals surface area contributed by atoms with Crippen LogP contribution in [0.3, 0.4) is 0 Å². The molecule has 0 atom stereocenters. The zero-order valence-corrected chi connectivity index (χ0v) is 12.4. The van der Waals surface area contributed by atoms with E-state index in [-0.39, 0.29) is 5.97 Å². The van der Waals surface area contributed by atoms with Crippen LogP contribution in [0.5, 0.6) is 5.75 Å². The summed E-state index contributed by atoms with van der Waals surface area (Å²) >= 11 is 0. The van der Waals surface area contributed by atoms with Crippen molar-refractivity contribution in [3.63, 3.8) is 0 Å². The second-order valence-electron chi connectivity index (χ2n) is 6.36. The lowest BCUT2D eigenvalue weighted by Gasteiger charge is -2.10. The molecule has 2 aliphatic rings. The normalized spacial score (nSPS) is 17.3. The lowest BCUT2D eigenvalue weighted by atomic mass is 10.0. The zero-order chi connectivity index (χ0) is 15.1. The van der Waals surface area contributed by atoms with Crippen molar-refractivity contribution in [2.45, 2.75) is 37.5 Å². The fourth-order valence-electron chi connectivity index (χ4n) is 2.85. The monoisotopic (exact) mass is 293 g/mol. The number of nitrogens with two attached hydrogens (primary N) is 1. The Bertz CT molecular complexity index is 700. The number of benzene rings is 2. The van der Waals surface area contributed by atoms with Gasteiger partial charge in [0.15, 0.2) is 0 Å². The van der Waals surface area contributed by atoms with Gasteiger partial charge in [0.1, 0.15) is 5.75 Å². The molecule has 2 N–H and O–H groups in total. The van der Waals surface area contributed by atoms with Crippen LogP contribution in [0.4, 0.5) is 5.69 Å². The van der Waals surface area contributed by atoms with Crippen molar-refractivity contribution in [1.82, 2.24) is 0 Å². The van der Waals surface area contributed by atoms with E-state index in [4.69, 9.17) is 10.5 Å². The molecular weight excluding hydrogens is 274 g/mol. The van der Waals surface area contributed by atoms with Crippen LogP contribution < -0.4 is 10.5 Å². The molecule has 0 amide bonds. The van der Waals surface area contributed by atoms with Gasteiger partial charge in [0, 0.05) is 5.69 Å². The van der Waals surface area contributed by atoms with Gasteiger partial charge in [-0.2, -0.15) is 0 Å². The van der Waals surface area contributed by atoms with Gasteiger partial charge in [0.2, 0.25) is 0 Å². The predicted octanol–water partition coefficient (Wildman–Crippen LogP) is 4.24. The molecule has 3 nitrogen and oxygen atoms in total. The molecule has 0 radical (unpaired) electrons. The van der Waals surface area contributed by atoms with Crippen molar-refractivity contribution < 1.29 is 9.53 Å². The van der Waals surface area contributed by atoms with E-state index in [1.165, 1.54) is 36.8 Å². The molecule has 0 aromatic heterocycles. The van der Waals surface area contributed by atoms with Crippen LogP contribution in [0.15, 0.2) is 42.5 Å². The minimum absolute atomic E-state index is 0.382. The minimum atomic E-state index is -0.382. The average Bonchev–Trinajstić information content (AvgIpc) is 3.40. The number of nitrogen functional groups attached to an aromatic ring is 1. The van der Waals surface area contributed by atoms with Crippen molar-refractivity contribution in [2.24, 2.45) is 0 Å². The van der Waals surface area contributed by atoms with Gasteiger partial charge in [-0.3, -0.25) is 0 Å². The Morgan fingerprint density at radius 1 is 0.955 bits per heavy atom. The zero-order valence-electron chi connectivity index (χ0n) is 12.4. The first kappa shape index (κ1) is 13.4. The van der Waals surface area contributed by atoms with Crippen LogP contribution in [-0.4, -0.2) is 5.97 Å². The number of carbonyl (C=O) groups is 1.